The highest BCUT2D eigenvalue weighted by Crippen LogP contribution is 2.46. The molecule has 1 saturated heterocycles. The maximum absolute atomic E-state index is 8.81. The number of aromatic nitrogens is 3. The molecule has 5 N–H and O–H groups in total. The van der Waals surface area contributed by atoms with Crippen molar-refractivity contribution in [3.63, 3.8) is 0 Å². The Hall–Kier alpha value is -1.35. The minimum atomic E-state index is -4.22. The van der Waals surface area contributed by atoms with Crippen molar-refractivity contribution < 1.29 is 23.9 Å². The van der Waals surface area contributed by atoms with Crippen LogP contribution in [0.4, 0.5) is 5.82 Å². The smallest absolute Gasteiger partial charge is 0.383 e. The van der Waals surface area contributed by atoms with Crippen LogP contribution in [0.15, 0.2) is 18.6 Å². The van der Waals surface area contributed by atoms with E-state index < -0.39 is 8.17 Å². The highest BCUT2D eigenvalue weighted by molar-refractivity contribution is 7.53. The number of hydrogen-bond acceptors (Lipinski definition) is 8. The number of nitrogen functional groups attached to an aromatic ring is 1. The minimum Gasteiger partial charge on any atom is -0.383 e. The van der Waals surface area contributed by atoms with Gasteiger partial charge in [-0.25, -0.2) is 9.97 Å². The van der Waals surface area contributed by atoms with Crippen molar-refractivity contribution >= 4 is 25.0 Å². The molecule has 2 unspecified atom stereocenters. The molecule has 2 aromatic rings. The highest BCUT2D eigenvalue weighted by Gasteiger charge is 2.37. The van der Waals surface area contributed by atoms with E-state index in [4.69, 9.17) is 25.2 Å². The predicted octanol–water partition coefficient (Wildman–Crippen LogP) is 0.362. The highest BCUT2D eigenvalue weighted by atomic mass is 31.2. The summed E-state index contributed by atoms with van der Waals surface area (Å²) in [4.78, 5) is 34.6. The molecule has 0 aromatic carbocycles. The van der Waals surface area contributed by atoms with Crippen molar-refractivity contribution in [1.82, 2.24) is 14.5 Å². The SMILES string of the molecule is Nc1ncnc2c1ccn2C1CCC(CO[P+](O)(O)O)O1. The summed E-state index contributed by atoms with van der Waals surface area (Å²) in [5, 5.41) is 0.756. The van der Waals surface area contributed by atoms with Crippen LogP contribution in [-0.2, 0) is 9.26 Å². The third kappa shape index (κ3) is 3.13. The summed E-state index contributed by atoms with van der Waals surface area (Å²) in [5.74, 6) is 0.409. The first-order valence-corrected chi connectivity index (χ1v) is 7.95. The van der Waals surface area contributed by atoms with Crippen molar-refractivity contribution in [1.29, 1.82) is 0 Å². The summed E-state index contributed by atoms with van der Waals surface area (Å²) in [6.45, 7) is -0.0793. The fraction of sp³-hybridized carbons (Fsp3) is 0.455. The number of rotatable bonds is 4. The van der Waals surface area contributed by atoms with Crippen LogP contribution in [0.1, 0.15) is 19.1 Å². The summed E-state index contributed by atoms with van der Waals surface area (Å²) in [6, 6.07) is 1.82. The molecule has 0 saturated carbocycles. The van der Waals surface area contributed by atoms with Gasteiger partial charge in [-0.15, -0.1) is 0 Å². The fourth-order valence-corrected chi connectivity index (χ4v) is 2.79. The minimum absolute atomic E-state index is 0.0793. The molecule has 0 amide bonds. The summed E-state index contributed by atoms with van der Waals surface area (Å²) in [7, 11) is -4.22. The van der Waals surface area contributed by atoms with E-state index in [9.17, 15) is 0 Å². The van der Waals surface area contributed by atoms with Gasteiger partial charge in [0.1, 0.15) is 30.6 Å². The zero-order valence-electron chi connectivity index (χ0n) is 11.0. The summed E-state index contributed by atoms with van der Waals surface area (Å²) >= 11 is 0. The Morgan fingerprint density at radius 3 is 2.95 bits per heavy atom. The van der Waals surface area contributed by atoms with Crippen LogP contribution in [0.5, 0.6) is 0 Å². The van der Waals surface area contributed by atoms with Gasteiger partial charge in [0.25, 0.3) is 0 Å². The molecule has 3 heterocycles. The van der Waals surface area contributed by atoms with Crippen molar-refractivity contribution in [2.75, 3.05) is 12.3 Å². The van der Waals surface area contributed by atoms with Gasteiger partial charge in [-0.1, -0.05) is 0 Å². The lowest BCUT2D eigenvalue weighted by Gasteiger charge is -2.15. The Bertz CT molecular complexity index is 643. The number of hydrogen-bond donors (Lipinski definition) is 4. The van der Waals surface area contributed by atoms with Crippen LogP contribution in [0.3, 0.4) is 0 Å². The Morgan fingerprint density at radius 2 is 2.19 bits per heavy atom. The molecule has 9 nitrogen and oxygen atoms in total. The van der Waals surface area contributed by atoms with Gasteiger partial charge in [0.15, 0.2) is 0 Å². The molecule has 0 spiro atoms. The monoisotopic (exact) mass is 315 g/mol. The molecule has 1 fully saturated rings. The van der Waals surface area contributed by atoms with E-state index in [1.165, 1.54) is 6.33 Å². The van der Waals surface area contributed by atoms with Crippen molar-refractivity contribution in [2.24, 2.45) is 0 Å². The third-order valence-corrected chi connectivity index (χ3v) is 3.86. The van der Waals surface area contributed by atoms with Gasteiger partial charge < -0.3 is 15.0 Å². The molecule has 0 bridgehead atoms. The number of fused-ring (bicyclic) bond motifs is 1. The third-order valence-electron chi connectivity index (χ3n) is 3.37. The predicted molar refractivity (Wildman–Crippen MR) is 74.6 cm³/mol. The van der Waals surface area contributed by atoms with E-state index >= 15 is 0 Å². The van der Waals surface area contributed by atoms with Crippen LogP contribution in [-0.4, -0.2) is 41.9 Å². The van der Waals surface area contributed by atoms with E-state index in [0.29, 0.717) is 17.9 Å². The first-order valence-electron chi connectivity index (χ1n) is 6.38. The first kappa shape index (κ1) is 14.6. The van der Waals surface area contributed by atoms with E-state index in [0.717, 1.165) is 11.8 Å². The molecule has 3 rings (SSSR count). The summed E-state index contributed by atoms with van der Waals surface area (Å²) in [5.41, 5.74) is 6.47. The van der Waals surface area contributed by atoms with Gasteiger partial charge >= 0.3 is 8.17 Å². The Morgan fingerprint density at radius 1 is 1.38 bits per heavy atom. The lowest BCUT2D eigenvalue weighted by molar-refractivity contribution is -0.0232. The second-order valence-corrected chi connectivity index (χ2v) is 6.10. The zero-order chi connectivity index (χ0) is 15.0. The first-order chi connectivity index (χ1) is 9.94. The van der Waals surface area contributed by atoms with E-state index in [2.05, 4.69) is 14.5 Å². The number of nitrogens with two attached hydrogens (primary N) is 1. The van der Waals surface area contributed by atoms with Crippen molar-refractivity contribution in [3.05, 3.63) is 18.6 Å². The quantitative estimate of drug-likeness (QED) is 0.594. The molecule has 0 aliphatic carbocycles. The fourth-order valence-electron chi connectivity index (χ4n) is 2.42. The van der Waals surface area contributed by atoms with Gasteiger partial charge in [0.05, 0.1) is 11.5 Å². The standard InChI is InChI=1S/C11H16N4O5P/c12-10-8-3-4-15(11(8)14-6-13-10)9-2-1-7(20-9)5-19-21(16,17)18/h3-4,6-7,9,16-18H,1-2,5H2,(H2,12,13,14)/q+1. The maximum Gasteiger partial charge on any atom is 0.567 e. The summed E-state index contributed by atoms with van der Waals surface area (Å²) in [6.07, 6.45) is 4.05. The number of anilines is 1. The number of ether oxygens (including phenoxy) is 1. The Labute approximate surface area is 120 Å². The van der Waals surface area contributed by atoms with Gasteiger partial charge in [0.2, 0.25) is 0 Å². The number of nitrogens with zero attached hydrogens (tertiary/aromatic N) is 3. The average molecular weight is 315 g/mol. The lowest BCUT2D eigenvalue weighted by Crippen LogP contribution is -2.17. The molecule has 10 heteroatoms. The van der Waals surface area contributed by atoms with E-state index in [-0.39, 0.29) is 18.9 Å². The normalized spacial score (nSPS) is 23.0. The van der Waals surface area contributed by atoms with Crippen LogP contribution < -0.4 is 5.73 Å². The van der Waals surface area contributed by atoms with Gasteiger partial charge in [-0.05, 0) is 18.9 Å². The molecule has 1 aliphatic rings. The maximum atomic E-state index is 8.81. The van der Waals surface area contributed by atoms with Crippen LogP contribution in [0, 0.1) is 0 Å². The van der Waals surface area contributed by atoms with E-state index in [1.807, 2.05) is 16.8 Å². The molecule has 1 aliphatic heterocycles. The molecule has 114 valence electrons. The van der Waals surface area contributed by atoms with Crippen molar-refractivity contribution in [2.45, 2.75) is 25.2 Å². The average Bonchev–Trinajstić information content (AvgIpc) is 3.02. The molecular formula is C11H16N4O5P+. The van der Waals surface area contributed by atoms with Gasteiger partial charge in [-0.3, -0.25) is 0 Å². The topological polar surface area (TPSA) is 136 Å². The molecule has 2 atom stereocenters. The lowest BCUT2D eigenvalue weighted by atomic mass is 10.2. The zero-order valence-corrected chi connectivity index (χ0v) is 11.9. The van der Waals surface area contributed by atoms with Crippen LogP contribution in [0.2, 0.25) is 0 Å². The second-order valence-electron chi connectivity index (χ2n) is 4.82. The molecule has 0 radical (unpaired) electrons. The van der Waals surface area contributed by atoms with Crippen LogP contribution in [0.25, 0.3) is 11.0 Å². The van der Waals surface area contributed by atoms with E-state index in [1.54, 1.807) is 0 Å². The molecule has 21 heavy (non-hydrogen) atoms. The Balaban J connectivity index is 1.72. The van der Waals surface area contributed by atoms with Crippen molar-refractivity contribution in [3.8, 4) is 0 Å². The summed E-state index contributed by atoms with van der Waals surface area (Å²) < 4.78 is 12.2. The largest absolute Gasteiger partial charge is 0.567 e. The van der Waals surface area contributed by atoms with Gasteiger partial charge in [-0.2, -0.15) is 19.2 Å². The Kier molecular flexibility index (Phi) is 3.78. The second kappa shape index (κ2) is 5.45. The molecule has 2 aromatic heterocycles. The van der Waals surface area contributed by atoms with Gasteiger partial charge in [0, 0.05) is 6.20 Å². The molecular weight excluding hydrogens is 299 g/mol. The van der Waals surface area contributed by atoms with Crippen LogP contribution >= 0.6 is 8.17 Å².